The average Bonchev–Trinajstić information content (AvgIpc) is 2.45. The van der Waals surface area contributed by atoms with Crippen molar-refractivity contribution in [3.8, 4) is 0 Å². The van der Waals surface area contributed by atoms with Crippen LogP contribution in [0.15, 0.2) is 36.7 Å². The minimum absolute atomic E-state index is 0.259. The molecule has 0 aliphatic rings. The second-order valence-electron chi connectivity index (χ2n) is 4.48. The fourth-order valence-electron chi connectivity index (χ4n) is 2.07. The normalized spacial score (nSPS) is 10.3. The summed E-state index contributed by atoms with van der Waals surface area (Å²) in [5.74, 6) is -0.946. The van der Waals surface area contributed by atoms with Gasteiger partial charge in [-0.25, -0.2) is 4.79 Å². The van der Waals surface area contributed by atoms with Gasteiger partial charge in [0.2, 0.25) is 0 Å². The highest BCUT2D eigenvalue weighted by Gasteiger charge is 2.15. The van der Waals surface area contributed by atoms with E-state index >= 15 is 0 Å². The number of carbonyl (C=O) groups is 1. The highest BCUT2D eigenvalue weighted by Crippen LogP contribution is 2.20. The standard InChI is InChI=1S/C15H17N3O2/c1-3-18(10-12-6-4-5-11(2)17-12)14-9-16-8-7-13(14)15(19)20/h4-9H,3,10H2,1-2H3,(H,19,20). The first-order valence-corrected chi connectivity index (χ1v) is 6.46. The second-order valence-corrected chi connectivity index (χ2v) is 4.48. The summed E-state index contributed by atoms with van der Waals surface area (Å²) in [7, 11) is 0. The van der Waals surface area contributed by atoms with Gasteiger partial charge in [-0.15, -0.1) is 0 Å². The van der Waals surface area contributed by atoms with Crippen LogP contribution in [0, 0.1) is 6.92 Å². The number of hydrogen-bond acceptors (Lipinski definition) is 4. The second kappa shape index (κ2) is 6.14. The first kappa shape index (κ1) is 14.0. The van der Waals surface area contributed by atoms with Crippen LogP contribution in [0.25, 0.3) is 0 Å². The third kappa shape index (κ3) is 3.12. The lowest BCUT2D eigenvalue weighted by molar-refractivity contribution is 0.0697. The summed E-state index contributed by atoms with van der Waals surface area (Å²) < 4.78 is 0. The van der Waals surface area contributed by atoms with Gasteiger partial charge >= 0.3 is 5.97 Å². The number of pyridine rings is 2. The summed E-state index contributed by atoms with van der Waals surface area (Å²) in [5.41, 5.74) is 2.73. The van der Waals surface area contributed by atoms with Crippen LogP contribution >= 0.6 is 0 Å². The first-order chi connectivity index (χ1) is 9.61. The molecule has 5 heteroatoms. The van der Waals surface area contributed by atoms with Gasteiger partial charge in [0, 0.05) is 18.4 Å². The maximum Gasteiger partial charge on any atom is 0.337 e. The van der Waals surface area contributed by atoms with Crippen molar-refractivity contribution in [2.24, 2.45) is 0 Å². The number of aromatic carboxylic acids is 1. The van der Waals surface area contributed by atoms with Crippen LogP contribution in [0.5, 0.6) is 0 Å². The van der Waals surface area contributed by atoms with Gasteiger partial charge in [0.15, 0.2) is 0 Å². The Kier molecular flexibility index (Phi) is 4.30. The molecule has 0 saturated heterocycles. The van der Waals surface area contributed by atoms with E-state index in [1.807, 2.05) is 36.9 Å². The van der Waals surface area contributed by atoms with Crippen molar-refractivity contribution in [2.75, 3.05) is 11.4 Å². The van der Waals surface area contributed by atoms with Crippen LogP contribution in [0.3, 0.4) is 0 Å². The largest absolute Gasteiger partial charge is 0.478 e. The molecule has 0 aliphatic heterocycles. The summed E-state index contributed by atoms with van der Waals surface area (Å²) in [6.45, 7) is 5.16. The Balaban J connectivity index is 2.31. The van der Waals surface area contributed by atoms with Crippen LogP contribution in [0.2, 0.25) is 0 Å². The summed E-state index contributed by atoms with van der Waals surface area (Å²) in [4.78, 5) is 21.7. The van der Waals surface area contributed by atoms with E-state index in [0.717, 1.165) is 11.4 Å². The average molecular weight is 271 g/mol. The van der Waals surface area contributed by atoms with Gasteiger partial charge in [0.05, 0.1) is 29.7 Å². The Morgan fingerprint density at radius 1 is 1.35 bits per heavy atom. The van der Waals surface area contributed by atoms with Crippen molar-refractivity contribution in [3.05, 3.63) is 53.6 Å². The molecule has 0 radical (unpaired) electrons. The highest BCUT2D eigenvalue weighted by molar-refractivity contribution is 5.94. The molecular formula is C15H17N3O2. The third-order valence-corrected chi connectivity index (χ3v) is 3.05. The van der Waals surface area contributed by atoms with Gasteiger partial charge in [-0.1, -0.05) is 6.07 Å². The third-order valence-electron chi connectivity index (χ3n) is 3.05. The summed E-state index contributed by atoms with van der Waals surface area (Å²) in [5, 5.41) is 9.25. The number of anilines is 1. The minimum Gasteiger partial charge on any atom is -0.478 e. The number of nitrogens with zero attached hydrogens (tertiary/aromatic N) is 3. The molecule has 2 rings (SSSR count). The topological polar surface area (TPSA) is 66.3 Å². The monoisotopic (exact) mass is 271 g/mol. The molecule has 5 nitrogen and oxygen atoms in total. The quantitative estimate of drug-likeness (QED) is 0.905. The van der Waals surface area contributed by atoms with Crippen LogP contribution in [0.4, 0.5) is 5.69 Å². The van der Waals surface area contributed by atoms with Crippen molar-refractivity contribution in [1.29, 1.82) is 0 Å². The Morgan fingerprint density at radius 2 is 2.15 bits per heavy atom. The van der Waals surface area contributed by atoms with E-state index in [0.29, 0.717) is 18.8 Å². The predicted octanol–water partition coefficient (Wildman–Crippen LogP) is 2.51. The Hall–Kier alpha value is -2.43. The van der Waals surface area contributed by atoms with E-state index in [2.05, 4.69) is 9.97 Å². The molecule has 1 N–H and O–H groups in total. The lowest BCUT2D eigenvalue weighted by atomic mass is 10.2. The summed E-state index contributed by atoms with van der Waals surface area (Å²) in [6.07, 6.45) is 3.08. The Morgan fingerprint density at radius 3 is 2.80 bits per heavy atom. The minimum atomic E-state index is -0.946. The SMILES string of the molecule is CCN(Cc1cccc(C)n1)c1cnccc1C(=O)O. The molecule has 0 saturated carbocycles. The molecule has 0 bridgehead atoms. The van der Waals surface area contributed by atoms with Gasteiger partial charge in [-0.2, -0.15) is 0 Å². The van der Waals surface area contributed by atoms with E-state index in [9.17, 15) is 9.90 Å². The molecular weight excluding hydrogens is 254 g/mol. The zero-order valence-corrected chi connectivity index (χ0v) is 11.6. The van der Waals surface area contributed by atoms with Gasteiger partial charge in [-0.3, -0.25) is 9.97 Å². The molecule has 0 spiro atoms. The maximum absolute atomic E-state index is 11.3. The van der Waals surface area contributed by atoms with Gasteiger partial charge < -0.3 is 10.0 Å². The molecule has 104 valence electrons. The van der Waals surface area contributed by atoms with E-state index in [1.165, 1.54) is 12.3 Å². The molecule has 0 aromatic carbocycles. The van der Waals surface area contributed by atoms with Gasteiger partial charge in [-0.05, 0) is 32.0 Å². The molecule has 0 atom stereocenters. The lowest BCUT2D eigenvalue weighted by Gasteiger charge is -2.23. The lowest BCUT2D eigenvalue weighted by Crippen LogP contribution is -2.25. The number of rotatable bonds is 5. The number of carboxylic acids is 1. The Bertz CT molecular complexity index is 614. The molecule has 2 aromatic rings. The highest BCUT2D eigenvalue weighted by atomic mass is 16.4. The van der Waals surface area contributed by atoms with E-state index in [-0.39, 0.29) is 5.56 Å². The Labute approximate surface area is 117 Å². The molecule has 0 fully saturated rings. The maximum atomic E-state index is 11.3. The van der Waals surface area contributed by atoms with Crippen molar-refractivity contribution in [1.82, 2.24) is 9.97 Å². The zero-order valence-electron chi connectivity index (χ0n) is 11.6. The zero-order chi connectivity index (χ0) is 14.5. The molecule has 2 aromatic heterocycles. The van der Waals surface area contributed by atoms with Crippen LogP contribution in [-0.2, 0) is 6.54 Å². The molecule has 20 heavy (non-hydrogen) atoms. The number of aromatic nitrogens is 2. The number of hydrogen-bond donors (Lipinski definition) is 1. The predicted molar refractivity (Wildman–Crippen MR) is 76.9 cm³/mol. The van der Waals surface area contributed by atoms with Gasteiger partial charge in [0.25, 0.3) is 0 Å². The van der Waals surface area contributed by atoms with E-state index in [4.69, 9.17) is 0 Å². The molecule has 0 unspecified atom stereocenters. The van der Waals surface area contributed by atoms with Crippen LogP contribution in [-0.4, -0.2) is 27.6 Å². The molecule has 2 heterocycles. The van der Waals surface area contributed by atoms with Crippen LogP contribution in [0.1, 0.15) is 28.7 Å². The summed E-state index contributed by atoms with van der Waals surface area (Å²) >= 11 is 0. The van der Waals surface area contributed by atoms with Crippen LogP contribution < -0.4 is 4.90 Å². The van der Waals surface area contributed by atoms with Crippen molar-refractivity contribution < 1.29 is 9.90 Å². The van der Waals surface area contributed by atoms with Crippen molar-refractivity contribution >= 4 is 11.7 Å². The first-order valence-electron chi connectivity index (χ1n) is 6.46. The smallest absolute Gasteiger partial charge is 0.337 e. The van der Waals surface area contributed by atoms with Gasteiger partial charge in [0.1, 0.15) is 0 Å². The fourth-order valence-corrected chi connectivity index (χ4v) is 2.07. The number of carboxylic acid groups (broad SMARTS) is 1. The van der Waals surface area contributed by atoms with E-state index in [1.54, 1.807) is 6.20 Å². The fraction of sp³-hybridized carbons (Fsp3) is 0.267. The number of aryl methyl sites for hydroxylation is 1. The molecule has 0 amide bonds. The van der Waals surface area contributed by atoms with E-state index < -0.39 is 5.97 Å². The summed E-state index contributed by atoms with van der Waals surface area (Å²) in [6, 6.07) is 7.34. The van der Waals surface area contributed by atoms with Crippen molar-refractivity contribution in [3.63, 3.8) is 0 Å². The molecule has 0 aliphatic carbocycles. The van der Waals surface area contributed by atoms with Crippen molar-refractivity contribution in [2.45, 2.75) is 20.4 Å².